The van der Waals surface area contributed by atoms with Crippen molar-refractivity contribution in [2.45, 2.75) is 30.3 Å². The van der Waals surface area contributed by atoms with E-state index >= 15 is 0 Å². The zero-order valence-electron chi connectivity index (χ0n) is 13.2. The Morgan fingerprint density at radius 3 is 2.48 bits per heavy atom. The van der Waals surface area contributed by atoms with E-state index in [1.54, 1.807) is 28.6 Å². The number of hydrogen-bond acceptors (Lipinski definition) is 3. The summed E-state index contributed by atoms with van der Waals surface area (Å²) in [5.74, 6) is 0. The van der Waals surface area contributed by atoms with E-state index in [2.05, 4.69) is 15.9 Å². The summed E-state index contributed by atoms with van der Waals surface area (Å²) in [4.78, 5) is 1.83. The van der Waals surface area contributed by atoms with Crippen LogP contribution in [-0.4, -0.2) is 58.2 Å². The molecule has 1 atom stereocenters. The zero-order chi connectivity index (χ0) is 16.3. The summed E-state index contributed by atoms with van der Waals surface area (Å²) in [5.41, 5.74) is 0. The van der Waals surface area contributed by atoms with Crippen LogP contribution in [-0.2, 0) is 14.8 Å². The van der Waals surface area contributed by atoms with Gasteiger partial charge in [0.15, 0.2) is 0 Å². The number of piperazine rings is 1. The van der Waals surface area contributed by atoms with Crippen molar-refractivity contribution < 1.29 is 18.1 Å². The Balaban J connectivity index is 1.56. The maximum Gasteiger partial charge on any atom is 0.243 e. The molecule has 7 heteroatoms. The van der Waals surface area contributed by atoms with Gasteiger partial charge in [0.25, 0.3) is 0 Å². The molecule has 0 unspecified atom stereocenters. The Morgan fingerprint density at radius 1 is 1.17 bits per heavy atom. The van der Waals surface area contributed by atoms with Crippen LogP contribution in [0, 0.1) is 0 Å². The first-order chi connectivity index (χ1) is 11.1. The first-order valence-corrected chi connectivity index (χ1v) is 10.5. The van der Waals surface area contributed by atoms with Crippen molar-refractivity contribution in [2.24, 2.45) is 0 Å². The van der Waals surface area contributed by atoms with Gasteiger partial charge in [-0.15, -0.1) is 0 Å². The molecule has 1 aromatic rings. The SMILES string of the molecule is O=S(=O)(c1ccc(Br)cc1)N1CC[NH+](C[C@H]2CCCCO2)CC1. The summed E-state index contributed by atoms with van der Waals surface area (Å²) in [7, 11) is -3.37. The van der Waals surface area contributed by atoms with Crippen molar-refractivity contribution in [1.29, 1.82) is 0 Å². The quantitative estimate of drug-likeness (QED) is 0.812. The van der Waals surface area contributed by atoms with Crippen LogP contribution in [0.25, 0.3) is 0 Å². The maximum absolute atomic E-state index is 12.7. The molecule has 2 aliphatic heterocycles. The summed E-state index contributed by atoms with van der Waals surface area (Å²) in [5, 5.41) is 0. The predicted octanol–water partition coefficient (Wildman–Crippen LogP) is 0.907. The minimum atomic E-state index is -3.37. The van der Waals surface area contributed by atoms with Crippen molar-refractivity contribution in [3.8, 4) is 0 Å². The summed E-state index contributed by atoms with van der Waals surface area (Å²) in [6, 6.07) is 6.87. The third-order valence-electron chi connectivity index (χ3n) is 4.67. The smallest absolute Gasteiger partial charge is 0.243 e. The molecule has 0 radical (unpaired) electrons. The second-order valence-electron chi connectivity index (χ2n) is 6.30. The van der Waals surface area contributed by atoms with Crippen LogP contribution in [0.1, 0.15) is 19.3 Å². The first kappa shape index (κ1) is 17.4. The minimum absolute atomic E-state index is 0.355. The van der Waals surface area contributed by atoms with E-state index in [9.17, 15) is 8.42 Å². The van der Waals surface area contributed by atoms with Gasteiger partial charge in [-0.3, -0.25) is 0 Å². The van der Waals surface area contributed by atoms with E-state index < -0.39 is 10.0 Å². The fourth-order valence-electron chi connectivity index (χ4n) is 3.29. The van der Waals surface area contributed by atoms with Crippen molar-refractivity contribution in [3.05, 3.63) is 28.7 Å². The largest absolute Gasteiger partial charge is 0.372 e. The van der Waals surface area contributed by atoms with Crippen LogP contribution < -0.4 is 4.90 Å². The molecule has 2 aliphatic rings. The molecule has 2 fully saturated rings. The van der Waals surface area contributed by atoms with Gasteiger partial charge < -0.3 is 9.64 Å². The highest BCUT2D eigenvalue weighted by Crippen LogP contribution is 2.18. The van der Waals surface area contributed by atoms with Gasteiger partial charge in [-0.1, -0.05) is 15.9 Å². The van der Waals surface area contributed by atoms with Crippen LogP contribution >= 0.6 is 15.9 Å². The molecule has 0 saturated carbocycles. The second kappa shape index (κ2) is 7.61. The van der Waals surface area contributed by atoms with Gasteiger partial charge in [0.2, 0.25) is 10.0 Å². The normalized spacial score (nSPS) is 24.7. The Hall–Kier alpha value is -0.470. The molecule has 2 saturated heterocycles. The Bertz CT molecular complexity index is 607. The van der Waals surface area contributed by atoms with Crippen LogP contribution in [0.4, 0.5) is 0 Å². The number of hydrogen-bond donors (Lipinski definition) is 1. The molecule has 0 spiro atoms. The summed E-state index contributed by atoms with van der Waals surface area (Å²) >= 11 is 3.34. The highest BCUT2D eigenvalue weighted by molar-refractivity contribution is 9.10. The van der Waals surface area contributed by atoms with Gasteiger partial charge in [0, 0.05) is 11.1 Å². The van der Waals surface area contributed by atoms with Gasteiger partial charge in [0.05, 0.1) is 31.1 Å². The van der Waals surface area contributed by atoms with Crippen molar-refractivity contribution in [2.75, 3.05) is 39.3 Å². The third-order valence-corrected chi connectivity index (χ3v) is 7.11. The summed E-state index contributed by atoms with van der Waals surface area (Å²) in [6.07, 6.45) is 3.92. The van der Waals surface area contributed by atoms with Gasteiger partial charge in [0.1, 0.15) is 12.6 Å². The average Bonchev–Trinajstić information content (AvgIpc) is 2.57. The minimum Gasteiger partial charge on any atom is -0.372 e. The molecule has 0 aromatic heterocycles. The Kier molecular flexibility index (Phi) is 5.74. The molecule has 5 nitrogen and oxygen atoms in total. The predicted molar refractivity (Wildman–Crippen MR) is 92.1 cm³/mol. The molecular weight excluding hydrogens is 380 g/mol. The van der Waals surface area contributed by atoms with E-state index in [1.807, 2.05) is 0 Å². The number of nitrogens with zero attached hydrogens (tertiary/aromatic N) is 1. The Morgan fingerprint density at radius 2 is 1.87 bits per heavy atom. The molecule has 128 valence electrons. The molecule has 0 bridgehead atoms. The number of nitrogens with one attached hydrogen (secondary N) is 1. The van der Waals surface area contributed by atoms with Crippen molar-refractivity contribution >= 4 is 26.0 Å². The molecule has 23 heavy (non-hydrogen) atoms. The maximum atomic E-state index is 12.7. The number of rotatable bonds is 4. The molecular formula is C16H24BrN2O3S+. The van der Waals surface area contributed by atoms with Crippen LogP contribution in [0.5, 0.6) is 0 Å². The van der Waals surface area contributed by atoms with Gasteiger partial charge in [-0.05, 0) is 43.5 Å². The van der Waals surface area contributed by atoms with Gasteiger partial charge in [-0.25, -0.2) is 8.42 Å². The topological polar surface area (TPSA) is 51.0 Å². The van der Waals surface area contributed by atoms with Crippen LogP contribution in [0.2, 0.25) is 0 Å². The highest BCUT2D eigenvalue weighted by atomic mass is 79.9. The number of halogens is 1. The lowest BCUT2D eigenvalue weighted by Gasteiger charge is -2.34. The lowest BCUT2D eigenvalue weighted by molar-refractivity contribution is -0.907. The van der Waals surface area contributed by atoms with Crippen molar-refractivity contribution in [3.63, 3.8) is 0 Å². The number of sulfonamides is 1. The zero-order valence-corrected chi connectivity index (χ0v) is 15.6. The van der Waals surface area contributed by atoms with Gasteiger partial charge >= 0.3 is 0 Å². The molecule has 0 amide bonds. The standard InChI is InChI=1S/C16H23BrN2O3S/c17-14-4-6-16(7-5-14)23(20,21)19-10-8-18(9-11-19)13-15-3-1-2-12-22-15/h4-7,15H,1-3,8-13H2/p+1/t15-/m1/s1. The monoisotopic (exact) mass is 403 g/mol. The second-order valence-corrected chi connectivity index (χ2v) is 9.15. The summed E-state index contributed by atoms with van der Waals surface area (Å²) < 4.78 is 33.6. The average molecular weight is 404 g/mol. The molecule has 0 aliphatic carbocycles. The molecule has 1 aromatic carbocycles. The fraction of sp³-hybridized carbons (Fsp3) is 0.625. The summed E-state index contributed by atoms with van der Waals surface area (Å²) in [6.45, 7) is 4.76. The number of quaternary nitrogens is 1. The molecule has 1 N–H and O–H groups in total. The molecule has 3 rings (SSSR count). The van der Waals surface area contributed by atoms with E-state index in [0.717, 1.165) is 37.1 Å². The number of ether oxygens (including phenoxy) is 1. The van der Waals surface area contributed by atoms with E-state index in [-0.39, 0.29) is 0 Å². The van der Waals surface area contributed by atoms with E-state index in [1.165, 1.54) is 17.7 Å². The van der Waals surface area contributed by atoms with Gasteiger partial charge in [-0.2, -0.15) is 4.31 Å². The van der Waals surface area contributed by atoms with E-state index in [0.29, 0.717) is 24.1 Å². The van der Waals surface area contributed by atoms with Crippen molar-refractivity contribution in [1.82, 2.24) is 4.31 Å². The fourth-order valence-corrected chi connectivity index (χ4v) is 5.00. The molecule has 2 heterocycles. The highest BCUT2D eigenvalue weighted by Gasteiger charge is 2.31. The lowest BCUT2D eigenvalue weighted by atomic mass is 10.1. The van der Waals surface area contributed by atoms with Crippen LogP contribution in [0.3, 0.4) is 0 Å². The lowest BCUT2D eigenvalue weighted by Crippen LogP contribution is -3.15. The Labute approximate surface area is 146 Å². The van der Waals surface area contributed by atoms with E-state index in [4.69, 9.17) is 4.74 Å². The third kappa shape index (κ3) is 4.33. The number of benzene rings is 1. The first-order valence-electron chi connectivity index (χ1n) is 8.26. The van der Waals surface area contributed by atoms with Crippen LogP contribution in [0.15, 0.2) is 33.6 Å².